The first-order valence-electron chi connectivity index (χ1n) is 5.12. The zero-order chi connectivity index (χ0) is 14.2. The van der Waals surface area contributed by atoms with Crippen molar-refractivity contribution in [3.8, 4) is 0 Å². The molecule has 0 spiro atoms. The second-order valence-corrected chi connectivity index (χ2v) is 4.27. The van der Waals surface area contributed by atoms with E-state index in [0.29, 0.717) is 0 Å². The zero-order valence-corrected chi connectivity index (χ0v) is 10.1. The average Bonchev–Trinajstić information content (AvgIpc) is 2.26. The van der Waals surface area contributed by atoms with Crippen LogP contribution in [0.3, 0.4) is 0 Å². The number of cyclic esters (lactones) is 2. The Labute approximate surface area is 110 Å². The van der Waals surface area contributed by atoms with Crippen LogP contribution in [0.5, 0.6) is 0 Å². The molecule has 1 saturated heterocycles. The first-order valence-corrected chi connectivity index (χ1v) is 5.50. The van der Waals surface area contributed by atoms with Crippen LogP contribution in [0, 0.1) is 0 Å². The Bertz CT molecular complexity index is 528. The van der Waals surface area contributed by atoms with Crippen molar-refractivity contribution in [2.24, 2.45) is 0 Å². The Kier molecular flexibility index (Phi) is 3.40. The molecule has 1 aliphatic heterocycles. The van der Waals surface area contributed by atoms with E-state index in [-0.39, 0.29) is 23.8 Å². The second kappa shape index (κ2) is 4.73. The van der Waals surface area contributed by atoms with Gasteiger partial charge in [0, 0.05) is 0 Å². The van der Waals surface area contributed by atoms with Crippen molar-refractivity contribution in [2.45, 2.75) is 6.18 Å². The predicted molar refractivity (Wildman–Crippen MR) is 59.8 cm³/mol. The fourth-order valence-electron chi connectivity index (χ4n) is 1.66. The molecule has 4 nitrogen and oxygen atoms in total. The van der Waals surface area contributed by atoms with Crippen LogP contribution in [0.15, 0.2) is 18.2 Å². The van der Waals surface area contributed by atoms with Crippen molar-refractivity contribution in [3.05, 3.63) is 28.8 Å². The highest BCUT2D eigenvalue weighted by Gasteiger charge is 2.33. The van der Waals surface area contributed by atoms with Crippen molar-refractivity contribution < 1.29 is 27.5 Å². The third-order valence-corrected chi connectivity index (χ3v) is 2.80. The Balaban J connectivity index is 2.38. The number of ether oxygens (including phenoxy) is 1. The maximum absolute atomic E-state index is 12.6. The van der Waals surface area contributed by atoms with Crippen molar-refractivity contribution in [2.75, 3.05) is 18.0 Å². The van der Waals surface area contributed by atoms with Gasteiger partial charge in [-0.3, -0.25) is 0 Å². The highest BCUT2D eigenvalue weighted by Crippen LogP contribution is 2.35. The van der Waals surface area contributed by atoms with Crippen LogP contribution in [-0.2, 0) is 20.5 Å². The van der Waals surface area contributed by atoms with Gasteiger partial charge in [0.05, 0.1) is 16.3 Å². The number of esters is 2. The van der Waals surface area contributed by atoms with Crippen LogP contribution in [-0.4, -0.2) is 25.0 Å². The van der Waals surface area contributed by atoms with Gasteiger partial charge < -0.3 is 9.64 Å². The van der Waals surface area contributed by atoms with E-state index in [4.69, 9.17) is 11.6 Å². The highest BCUT2D eigenvalue weighted by molar-refractivity contribution is 6.33. The molecule has 0 bridgehead atoms. The molecule has 0 aromatic heterocycles. The summed E-state index contributed by atoms with van der Waals surface area (Å²) in [4.78, 5) is 23.3. The van der Waals surface area contributed by atoms with E-state index in [9.17, 15) is 22.8 Å². The molecule has 8 heteroatoms. The molecule has 1 aliphatic rings. The zero-order valence-electron chi connectivity index (χ0n) is 9.33. The van der Waals surface area contributed by atoms with E-state index in [1.807, 2.05) is 0 Å². The minimum atomic E-state index is -4.53. The molecular weight excluding hydrogens is 287 g/mol. The van der Waals surface area contributed by atoms with Crippen molar-refractivity contribution >= 4 is 29.2 Å². The molecule has 102 valence electrons. The number of rotatable bonds is 1. The lowest BCUT2D eigenvalue weighted by molar-refractivity contribution is -0.160. The van der Waals surface area contributed by atoms with Gasteiger partial charge in [-0.25, -0.2) is 9.59 Å². The number of benzene rings is 1. The third-order valence-electron chi connectivity index (χ3n) is 2.48. The standard InChI is InChI=1S/C11H7ClF3NO3/c12-7-2-1-6(11(13,14)15)3-8(7)16-4-9(17)19-10(18)5-16/h1-3H,4-5H2. The summed E-state index contributed by atoms with van der Waals surface area (Å²) in [6.45, 7) is -0.653. The fourth-order valence-corrected chi connectivity index (χ4v) is 1.90. The molecule has 0 atom stereocenters. The minimum absolute atomic E-state index is 0.0236. The van der Waals surface area contributed by atoms with Gasteiger partial charge >= 0.3 is 18.1 Å². The normalized spacial score (nSPS) is 16.5. The van der Waals surface area contributed by atoms with Crippen molar-refractivity contribution in [1.82, 2.24) is 0 Å². The average molecular weight is 294 g/mol. The number of anilines is 1. The van der Waals surface area contributed by atoms with E-state index in [1.54, 1.807) is 0 Å². The lowest BCUT2D eigenvalue weighted by Crippen LogP contribution is -2.43. The van der Waals surface area contributed by atoms with Crippen molar-refractivity contribution in [3.63, 3.8) is 0 Å². The molecule has 0 amide bonds. The topological polar surface area (TPSA) is 46.6 Å². The number of carbonyl (C=O) groups is 2. The molecule has 0 radical (unpaired) electrons. The van der Waals surface area contributed by atoms with Gasteiger partial charge in [-0.15, -0.1) is 0 Å². The smallest absolute Gasteiger partial charge is 0.390 e. The molecule has 2 rings (SSSR count). The van der Waals surface area contributed by atoms with Crippen LogP contribution in [0.2, 0.25) is 5.02 Å². The highest BCUT2D eigenvalue weighted by atomic mass is 35.5. The van der Waals surface area contributed by atoms with Gasteiger partial charge in [-0.2, -0.15) is 13.2 Å². The summed E-state index contributed by atoms with van der Waals surface area (Å²) in [7, 11) is 0. The summed E-state index contributed by atoms with van der Waals surface area (Å²) < 4.78 is 42.1. The van der Waals surface area contributed by atoms with Crippen LogP contribution in [0.25, 0.3) is 0 Å². The van der Waals surface area contributed by atoms with E-state index < -0.39 is 23.7 Å². The molecule has 0 saturated carbocycles. The van der Waals surface area contributed by atoms with Gasteiger partial charge in [-0.05, 0) is 18.2 Å². The summed E-state index contributed by atoms with van der Waals surface area (Å²) in [6.07, 6.45) is -4.53. The van der Waals surface area contributed by atoms with E-state index in [0.717, 1.165) is 23.1 Å². The third kappa shape index (κ3) is 2.98. The monoisotopic (exact) mass is 293 g/mol. The van der Waals surface area contributed by atoms with Gasteiger partial charge in [0.1, 0.15) is 13.1 Å². The van der Waals surface area contributed by atoms with Crippen molar-refractivity contribution in [1.29, 1.82) is 0 Å². The lowest BCUT2D eigenvalue weighted by atomic mass is 10.1. The van der Waals surface area contributed by atoms with E-state index in [2.05, 4.69) is 4.74 Å². The van der Waals surface area contributed by atoms with Crippen LogP contribution >= 0.6 is 11.6 Å². The Hall–Kier alpha value is -1.76. The number of hydrogen-bond acceptors (Lipinski definition) is 4. The summed E-state index contributed by atoms with van der Waals surface area (Å²) >= 11 is 5.80. The van der Waals surface area contributed by atoms with Gasteiger partial charge in [-0.1, -0.05) is 11.6 Å². The Morgan fingerprint density at radius 3 is 2.26 bits per heavy atom. The first kappa shape index (κ1) is 13.7. The predicted octanol–water partition coefficient (Wildman–Crippen LogP) is 2.25. The molecule has 19 heavy (non-hydrogen) atoms. The minimum Gasteiger partial charge on any atom is -0.390 e. The van der Waals surface area contributed by atoms with Crippen LogP contribution in [0.1, 0.15) is 5.56 Å². The SMILES string of the molecule is O=C1CN(c2cc(C(F)(F)F)ccc2Cl)CC(=O)O1. The maximum atomic E-state index is 12.6. The molecule has 0 unspecified atom stereocenters. The fraction of sp³-hybridized carbons (Fsp3) is 0.273. The largest absolute Gasteiger partial charge is 0.416 e. The lowest BCUT2D eigenvalue weighted by Gasteiger charge is -2.27. The number of hydrogen-bond donors (Lipinski definition) is 0. The summed E-state index contributed by atoms with van der Waals surface area (Å²) in [6, 6.07) is 2.70. The van der Waals surface area contributed by atoms with Gasteiger partial charge in [0.15, 0.2) is 0 Å². The summed E-state index contributed by atoms with van der Waals surface area (Å²) in [5, 5.41) is 0.0236. The summed E-state index contributed by atoms with van der Waals surface area (Å²) in [5.74, 6) is -1.66. The molecular formula is C11H7ClF3NO3. The van der Waals surface area contributed by atoms with Crippen LogP contribution < -0.4 is 4.90 Å². The number of halogens is 4. The van der Waals surface area contributed by atoms with Gasteiger partial charge in [0.2, 0.25) is 0 Å². The molecule has 1 aromatic rings. The quantitative estimate of drug-likeness (QED) is 0.588. The molecule has 1 aromatic carbocycles. The molecule has 1 fully saturated rings. The number of carbonyl (C=O) groups excluding carboxylic acids is 2. The Morgan fingerprint density at radius 1 is 1.16 bits per heavy atom. The molecule has 0 aliphatic carbocycles. The molecule has 0 N–H and O–H groups in total. The van der Waals surface area contributed by atoms with Gasteiger partial charge in [0.25, 0.3) is 0 Å². The second-order valence-electron chi connectivity index (χ2n) is 3.87. The number of alkyl halides is 3. The molecule has 1 heterocycles. The van der Waals surface area contributed by atoms with E-state index >= 15 is 0 Å². The first-order chi connectivity index (χ1) is 8.77. The Morgan fingerprint density at radius 2 is 1.74 bits per heavy atom. The van der Waals surface area contributed by atoms with E-state index in [1.165, 1.54) is 0 Å². The maximum Gasteiger partial charge on any atom is 0.416 e. The van der Waals surface area contributed by atoms with Crippen LogP contribution in [0.4, 0.5) is 18.9 Å². The number of morpholine rings is 1. The summed E-state index contributed by atoms with van der Waals surface area (Å²) in [5.41, 5.74) is -0.931. The number of nitrogens with zero attached hydrogens (tertiary/aromatic N) is 1.